The van der Waals surface area contributed by atoms with Gasteiger partial charge in [0.15, 0.2) is 5.13 Å². The minimum absolute atomic E-state index is 0.0804. The predicted octanol–water partition coefficient (Wildman–Crippen LogP) is 6.29. The van der Waals surface area contributed by atoms with E-state index in [1.807, 2.05) is 80.9 Å². The molecule has 0 spiro atoms. The van der Waals surface area contributed by atoms with Gasteiger partial charge in [0, 0.05) is 36.1 Å². The van der Waals surface area contributed by atoms with Crippen LogP contribution in [0, 0.1) is 5.92 Å². The summed E-state index contributed by atoms with van der Waals surface area (Å²) < 4.78 is 7.68. The maximum Gasteiger partial charge on any atom is 0.410 e. The number of likely N-dealkylation sites (tertiary alicyclic amines) is 1. The minimum Gasteiger partial charge on any atom is -0.444 e. The van der Waals surface area contributed by atoms with Crippen molar-refractivity contribution in [2.45, 2.75) is 52.2 Å². The van der Waals surface area contributed by atoms with Crippen molar-refractivity contribution in [1.82, 2.24) is 19.9 Å². The van der Waals surface area contributed by atoms with Gasteiger partial charge in [0.2, 0.25) is 5.91 Å². The Hall–Kier alpha value is -4.00. The molecule has 0 atom stereocenters. The minimum atomic E-state index is -0.519. The highest BCUT2D eigenvalue weighted by Crippen LogP contribution is 2.33. The molecule has 1 fully saturated rings. The Labute approximate surface area is 258 Å². The monoisotopic (exact) mass is 621 g/mol. The predicted molar refractivity (Wildman–Crippen MR) is 167 cm³/mol. The van der Waals surface area contributed by atoms with E-state index in [4.69, 9.17) is 9.94 Å². The third-order valence-electron chi connectivity index (χ3n) is 7.07. The molecule has 0 saturated carbocycles. The Morgan fingerprint density at radius 2 is 1.81 bits per heavy atom. The molecular formula is C31H35N5O5S2. The van der Waals surface area contributed by atoms with Crippen molar-refractivity contribution in [3.8, 4) is 21.8 Å². The van der Waals surface area contributed by atoms with E-state index in [0.29, 0.717) is 35.4 Å². The Morgan fingerprint density at radius 3 is 2.51 bits per heavy atom. The van der Waals surface area contributed by atoms with Gasteiger partial charge in [-0.1, -0.05) is 30.3 Å². The van der Waals surface area contributed by atoms with Gasteiger partial charge in [0.05, 0.1) is 28.2 Å². The number of hydrogen-bond acceptors (Lipinski definition) is 8. The van der Waals surface area contributed by atoms with Crippen molar-refractivity contribution >= 4 is 45.7 Å². The second kappa shape index (κ2) is 13.1. The van der Waals surface area contributed by atoms with Gasteiger partial charge in [-0.3, -0.25) is 20.1 Å². The number of hydrogen-bond donors (Lipinski definition) is 3. The lowest BCUT2D eigenvalue weighted by atomic mass is 9.96. The van der Waals surface area contributed by atoms with Crippen LogP contribution >= 0.6 is 22.7 Å². The third kappa shape index (κ3) is 7.70. The van der Waals surface area contributed by atoms with E-state index >= 15 is 0 Å². The first kappa shape index (κ1) is 30.5. The normalized spacial score (nSPS) is 14.0. The summed E-state index contributed by atoms with van der Waals surface area (Å²) in [7, 11) is 0. The summed E-state index contributed by atoms with van der Waals surface area (Å²) in [5.41, 5.74) is 4.18. The molecule has 3 amide bonds. The van der Waals surface area contributed by atoms with Crippen molar-refractivity contribution in [3.05, 3.63) is 70.5 Å². The fraction of sp³-hybridized carbons (Fsp3) is 0.355. The lowest BCUT2D eigenvalue weighted by Crippen LogP contribution is -2.42. The molecule has 3 aromatic heterocycles. The number of nitrogens with one attached hydrogen (secondary N) is 2. The van der Waals surface area contributed by atoms with E-state index in [1.165, 1.54) is 22.7 Å². The van der Waals surface area contributed by atoms with Crippen LogP contribution in [0.3, 0.4) is 0 Å². The van der Waals surface area contributed by atoms with Crippen molar-refractivity contribution in [2.24, 2.45) is 5.92 Å². The lowest BCUT2D eigenvalue weighted by Gasteiger charge is -2.33. The summed E-state index contributed by atoms with van der Waals surface area (Å²) >= 11 is 2.74. The second-order valence-electron chi connectivity index (χ2n) is 11.5. The van der Waals surface area contributed by atoms with Gasteiger partial charge in [-0.25, -0.2) is 15.3 Å². The van der Waals surface area contributed by atoms with Gasteiger partial charge < -0.3 is 14.2 Å². The topological polar surface area (TPSA) is 126 Å². The number of amides is 3. The Kier molecular flexibility index (Phi) is 9.28. The number of piperidine rings is 1. The smallest absolute Gasteiger partial charge is 0.410 e. The van der Waals surface area contributed by atoms with Crippen LogP contribution in [0.25, 0.3) is 21.8 Å². The standard InChI is InChI=1S/C31H35N5O5S2/c1-31(2,3)41-30(39)35-14-11-20(12-15-35)18-36-16-13-23(27(36)21-7-5-4-6-8-21)28(38)33-29-32-24(19-42-29)25-10-9-22(43-25)17-26(37)34-40/h4-10,13,16,19-20,40H,11-12,14-15,17-18H2,1-3H3,(H,34,37)(H,32,33,38). The molecule has 4 heterocycles. The summed E-state index contributed by atoms with van der Waals surface area (Å²) in [6.07, 6.45) is 3.47. The summed E-state index contributed by atoms with van der Waals surface area (Å²) in [5, 5.41) is 14.1. The Bertz CT molecular complexity index is 1580. The molecule has 12 heteroatoms. The number of benzene rings is 1. The van der Waals surface area contributed by atoms with Crippen LogP contribution in [-0.4, -0.2) is 56.3 Å². The van der Waals surface area contributed by atoms with Crippen LogP contribution in [0.4, 0.5) is 9.93 Å². The number of thiazole rings is 1. The average Bonchev–Trinajstić information content (AvgIpc) is 3.73. The second-order valence-corrected chi connectivity index (χ2v) is 13.5. The van der Waals surface area contributed by atoms with E-state index in [9.17, 15) is 14.4 Å². The number of rotatable bonds is 8. The number of thiophene rings is 1. The molecule has 1 aliphatic heterocycles. The van der Waals surface area contributed by atoms with Gasteiger partial charge in [0.1, 0.15) is 5.60 Å². The number of carbonyl (C=O) groups is 3. The molecule has 1 aliphatic rings. The van der Waals surface area contributed by atoms with Gasteiger partial charge in [-0.15, -0.1) is 22.7 Å². The summed E-state index contributed by atoms with van der Waals surface area (Å²) in [5.74, 6) is -0.373. The molecule has 0 unspecified atom stereocenters. The zero-order chi connectivity index (χ0) is 30.6. The SMILES string of the molecule is CC(C)(C)OC(=O)N1CCC(Cn2ccc(C(=O)Nc3nc(-c4ccc(CC(=O)NO)s4)cs3)c2-c2ccccc2)CC1. The van der Waals surface area contributed by atoms with Crippen molar-refractivity contribution in [2.75, 3.05) is 18.4 Å². The van der Waals surface area contributed by atoms with Crippen LogP contribution in [0.15, 0.2) is 60.1 Å². The van der Waals surface area contributed by atoms with Crippen molar-refractivity contribution < 1.29 is 24.3 Å². The first-order valence-corrected chi connectivity index (χ1v) is 15.8. The van der Waals surface area contributed by atoms with E-state index in [0.717, 1.165) is 40.4 Å². The fourth-order valence-corrected chi connectivity index (χ4v) is 6.79. The Balaban J connectivity index is 1.28. The van der Waals surface area contributed by atoms with Crippen molar-refractivity contribution in [1.29, 1.82) is 0 Å². The van der Waals surface area contributed by atoms with E-state index in [-0.39, 0.29) is 18.4 Å². The van der Waals surface area contributed by atoms with Crippen molar-refractivity contribution in [3.63, 3.8) is 0 Å². The zero-order valence-electron chi connectivity index (χ0n) is 24.3. The maximum absolute atomic E-state index is 13.6. The molecular weight excluding hydrogens is 587 g/mol. The molecule has 10 nitrogen and oxygen atoms in total. The number of hydroxylamine groups is 1. The number of anilines is 1. The van der Waals surface area contributed by atoms with Crippen LogP contribution < -0.4 is 10.8 Å². The molecule has 226 valence electrons. The summed E-state index contributed by atoms with van der Waals surface area (Å²) in [4.78, 5) is 45.6. The summed E-state index contributed by atoms with van der Waals surface area (Å²) in [6.45, 7) is 7.63. The zero-order valence-corrected chi connectivity index (χ0v) is 26.0. The number of carbonyl (C=O) groups excluding carboxylic acids is 3. The molecule has 1 saturated heterocycles. The molecule has 0 radical (unpaired) electrons. The van der Waals surface area contributed by atoms with Gasteiger partial charge in [-0.2, -0.15) is 0 Å². The summed E-state index contributed by atoms with van der Waals surface area (Å²) in [6, 6.07) is 15.4. The molecule has 3 N–H and O–H groups in total. The van der Waals surface area contributed by atoms with Crippen LogP contribution in [0.2, 0.25) is 0 Å². The highest BCUT2D eigenvalue weighted by molar-refractivity contribution is 7.17. The number of aromatic nitrogens is 2. The quantitative estimate of drug-likeness (QED) is 0.157. The molecule has 1 aromatic carbocycles. The maximum atomic E-state index is 13.6. The van der Waals surface area contributed by atoms with Crippen LogP contribution in [0.5, 0.6) is 0 Å². The molecule has 4 aromatic rings. The molecule has 0 bridgehead atoms. The fourth-order valence-electron chi connectivity index (χ4n) is 5.05. The largest absolute Gasteiger partial charge is 0.444 e. The third-order valence-corrected chi connectivity index (χ3v) is 8.94. The first-order chi connectivity index (χ1) is 20.6. The van der Waals surface area contributed by atoms with Crippen LogP contribution in [0.1, 0.15) is 48.8 Å². The van der Waals surface area contributed by atoms with E-state index in [1.54, 1.807) is 10.4 Å². The highest BCUT2D eigenvalue weighted by atomic mass is 32.1. The highest BCUT2D eigenvalue weighted by Gasteiger charge is 2.28. The van der Waals surface area contributed by atoms with Gasteiger partial charge >= 0.3 is 6.09 Å². The lowest BCUT2D eigenvalue weighted by molar-refractivity contribution is -0.128. The van der Waals surface area contributed by atoms with Gasteiger partial charge in [-0.05, 0) is 63.3 Å². The van der Waals surface area contributed by atoms with E-state index < -0.39 is 11.5 Å². The number of nitrogens with zero attached hydrogens (tertiary/aromatic N) is 3. The molecule has 5 rings (SSSR count). The first-order valence-electron chi connectivity index (χ1n) is 14.1. The molecule has 0 aliphatic carbocycles. The van der Waals surface area contributed by atoms with Gasteiger partial charge in [0.25, 0.3) is 5.91 Å². The Morgan fingerprint density at radius 1 is 1.07 bits per heavy atom. The molecule has 43 heavy (non-hydrogen) atoms. The van der Waals surface area contributed by atoms with E-state index in [2.05, 4.69) is 14.9 Å². The number of ether oxygens (including phenoxy) is 1. The van der Waals surface area contributed by atoms with Crippen LogP contribution in [-0.2, 0) is 22.5 Å². The average molecular weight is 622 g/mol.